The Morgan fingerprint density at radius 2 is 1.96 bits per heavy atom. The lowest BCUT2D eigenvalue weighted by atomic mass is 9.79. The molecule has 0 saturated carbocycles. The molecule has 1 aromatic carbocycles. The molecular weight excluding hydrogens is 326 g/mol. The Morgan fingerprint density at radius 3 is 2.52 bits per heavy atom. The summed E-state index contributed by atoms with van der Waals surface area (Å²) >= 11 is 0. The highest BCUT2D eigenvalue weighted by atomic mass is 35.5. The molecule has 23 heavy (non-hydrogen) atoms. The van der Waals surface area contributed by atoms with Crippen molar-refractivity contribution in [3.63, 3.8) is 0 Å². The third-order valence-corrected chi connectivity index (χ3v) is 4.06. The van der Waals surface area contributed by atoms with Crippen molar-refractivity contribution in [2.24, 2.45) is 5.41 Å². The number of piperazine rings is 1. The second kappa shape index (κ2) is 8.78. The van der Waals surface area contributed by atoms with E-state index in [2.05, 4.69) is 15.0 Å². The van der Waals surface area contributed by atoms with Crippen LogP contribution in [0.4, 0.5) is 8.78 Å². The first-order valence-corrected chi connectivity index (χ1v) is 7.54. The molecule has 0 aliphatic carbocycles. The number of aliphatic hydroxyl groups excluding tert-OH is 1. The van der Waals surface area contributed by atoms with E-state index in [1.165, 1.54) is 6.07 Å². The summed E-state index contributed by atoms with van der Waals surface area (Å²) in [5.74, 6) is 0.154. The van der Waals surface area contributed by atoms with Gasteiger partial charge in [-0.15, -0.1) is 12.4 Å². The maximum atomic E-state index is 12.4. The zero-order valence-corrected chi connectivity index (χ0v) is 14.3. The molecule has 0 radical (unpaired) electrons. The molecule has 1 aliphatic rings. The molecule has 0 bridgehead atoms. The van der Waals surface area contributed by atoms with Crippen LogP contribution in [0.5, 0.6) is 5.75 Å². The van der Waals surface area contributed by atoms with Crippen LogP contribution in [0.1, 0.15) is 25.5 Å². The van der Waals surface area contributed by atoms with Crippen LogP contribution in [0, 0.1) is 5.41 Å². The molecule has 7 heteroatoms. The molecule has 1 heterocycles. The molecule has 0 amide bonds. The number of hydrogen-bond donors (Lipinski definition) is 2. The number of ether oxygens (including phenoxy) is 1. The van der Waals surface area contributed by atoms with Crippen molar-refractivity contribution in [3.8, 4) is 5.75 Å². The van der Waals surface area contributed by atoms with Crippen molar-refractivity contribution in [1.82, 2.24) is 10.2 Å². The van der Waals surface area contributed by atoms with Crippen LogP contribution in [-0.2, 0) is 0 Å². The lowest BCUT2D eigenvalue weighted by molar-refractivity contribution is -0.0500. The first-order chi connectivity index (χ1) is 10.4. The first-order valence-electron chi connectivity index (χ1n) is 7.54. The molecule has 0 aromatic heterocycles. The number of rotatable bonds is 6. The standard InChI is InChI=1S/C16H24F2N2O2.ClH/c1-16(2,11-21)14(20-8-6-19-7-9-20)12-4-3-5-13(10-12)22-15(17)18;/h3-5,10,14-15,19,21H,6-9,11H2,1-2H3;1H/t14-;/m0./s1. The van der Waals surface area contributed by atoms with Crippen molar-refractivity contribution in [2.45, 2.75) is 26.5 Å². The molecule has 0 spiro atoms. The van der Waals surface area contributed by atoms with Crippen LogP contribution in [0.25, 0.3) is 0 Å². The van der Waals surface area contributed by atoms with E-state index < -0.39 is 6.61 Å². The Morgan fingerprint density at radius 1 is 1.30 bits per heavy atom. The molecule has 1 fully saturated rings. The largest absolute Gasteiger partial charge is 0.435 e. The minimum absolute atomic E-state index is 0. The summed E-state index contributed by atoms with van der Waals surface area (Å²) in [4.78, 5) is 2.29. The quantitative estimate of drug-likeness (QED) is 0.828. The summed E-state index contributed by atoms with van der Waals surface area (Å²) in [5, 5.41) is 13.1. The number of aliphatic hydroxyl groups is 1. The summed E-state index contributed by atoms with van der Waals surface area (Å²) in [6, 6.07) is 6.74. The van der Waals surface area contributed by atoms with E-state index in [1.54, 1.807) is 12.1 Å². The van der Waals surface area contributed by atoms with Crippen LogP contribution in [0.3, 0.4) is 0 Å². The normalized spacial score (nSPS) is 17.7. The Bertz CT molecular complexity index is 483. The third kappa shape index (κ3) is 5.28. The van der Waals surface area contributed by atoms with Gasteiger partial charge in [-0.3, -0.25) is 4.90 Å². The topological polar surface area (TPSA) is 44.7 Å². The zero-order valence-electron chi connectivity index (χ0n) is 13.5. The number of benzene rings is 1. The van der Waals surface area contributed by atoms with Crippen molar-refractivity contribution < 1.29 is 18.6 Å². The predicted molar refractivity (Wildman–Crippen MR) is 88.4 cm³/mol. The van der Waals surface area contributed by atoms with Crippen LogP contribution >= 0.6 is 12.4 Å². The first kappa shape index (κ1) is 20.1. The average Bonchev–Trinajstić information content (AvgIpc) is 2.48. The Labute approximate surface area is 142 Å². The van der Waals surface area contributed by atoms with Gasteiger partial charge in [0.05, 0.1) is 0 Å². The molecule has 1 saturated heterocycles. The van der Waals surface area contributed by atoms with E-state index in [-0.39, 0.29) is 36.2 Å². The Balaban J connectivity index is 0.00000264. The fourth-order valence-corrected chi connectivity index (χ4v) is 3.04. The summed E-state index contributed by atoms with van der Waals surface area (Å²) in [6.45, 7) is 4.62. The smallest absolute Gasteiger partial charge is 0.387 e. The van der Waals surface area contributed by atoms with E-state index in [0.29, 0.717) is 0 Å². The SMILES string of the molecule is CC(C)(CO)[C@H](c1cccc(OC(F)F)c1)N1CCNCC1.Cl. The summed E-state index contributed by atoms with van der Waals surface area (Å²) in [5.41, 5.74) is 0.500. The van der Waals surface area contributed by atoms with E-state index in [4.69, 9.17) is 0 Å². The van der Waals surface area contributed by atoms with Crippen LogP contribution in [-0.4, -0.2) is 49.4 Å². The highest BCUT2D eigenvalue weighted by Crippen LogP contribution is 2.39. The van der Waals surface area contributed by atoms with Crippen molar-refractivity contribution in [3.05, 3.63) is 29.8 Å². The average molecular weight is 351 g/mol. The molecule has 2 N–H and O–H groups in total. The van der Waals surface area contributed by atoms with Crippen molar-refractivity contribution in [2.75, 3.05) is 32.8 Å². The highest BCUT2D eigenvalue weighted by Gasteiger charge is 2.35. The highest BCUT2D eigenvalue weighted by molar-refractivity contribution is 5.85. The number of nitrogens with zero attached hydrogens (tertiary/aromatic N) is 1. The van der Waals surface area contributed by atoms with Gasteiger partial charge in [-0.2, -0.15) is 8.78 Å². The number of hydrogen-bond acceptors (Lipinski definition) is 4. The maximum Gasteiger partial charge on any atom is 0.387 e. The second-order valence-electron chi connectivity index (χ2n) is 6.29. The van der Waals surface area contributed by atoms with Gasteiger partial charge in [-0.1, -0.05) is 26.0 Å². The van der Waals surface area contributed by atoms with Gasteiger partial charge in [0.15, 0.2) is 0 Å². The van der Waals surface area contributed by atoms with Crippen LogP contribution in [0.2, 0.25) is 0 Å². The molecule has 1 aliphatic heterocycles. The van der Waals surface area contributed by atoms with E-state index in [9.17, 15) is 13.9 Å². The van der Waals surface area contributed by atoms with Crippen LogP contribution in [0.15, 0.2) is 24.3 Å². The van der Waals surface area contributed by atoms with E-state index in [1.807, 2.05) is 19.9 Å². The summed E-state index contributed by atoms with van der Waals surface area (Å²) in [6.07, 6.45) is 0. The lowest BCUT2D eigenvalue weighted by Crippen LogP contribution is -2.49. The molecule has 132 valence electrons. The van der Waals surface area contributed by atoms with Gasteiger partial charge < -0.3 is 15.2 Å². The molecule has 4 nitrogen and oxygen atoms in total. The molecule has 0 unspecified atom stereocenters. The Kier molecular flexibility index (Phi) is 7.67. The van der Waals surface area contributed by atoms with Gasteiger partial charge in [0.25, 0.3) is 0 Å². The van der Waals surface area contributed by atoms with E-state index in [0.717, 1.165) is 31.7 Å². The Hall–Kier alpha value is -0.950. The second-order valence-corrected chi connectivity index (χ2v) is 6.29. The zero-order chi connectivity index (χ0) is 16.2. The van der Waals surface area contributed by atoms with E-state index >= 15 is 0 Å². The van der Waals surface area contributed by atoms with Gasteiger partial charge in [0.2, 0.25) is 0 Å². The van der Waals surface area contributed by atoms with Gasteiger partial charge in [-0.05, 0) is 17.7 Å². The van der Waals surface area contributed by atoms with Crippen molar-refractivity contribution in [1.29, 1.82) is 0 Å². The summed E-state index contributed by atoms with van der Waals surface area (Å²) in [7, 11) is 0. The van der Waals surface area contributed by atoms with Gasteiger partial charge in [-0.25, -0.2) is 0 Å². The fourth-order valence-electron chi connectivity index (χ4n) is 3.04. The van der Waals surface area contributed by atoms with Crippen LogP contribution < -0.4 is 10.1 Å². The monoisotopic (exact) mass is 350 g/mol. The molecule has 1 aromatic rings. The number of nitrogens with one attached hydrogen (secondary N) is 1. The molecule has 1 atom stereocenters. The van der Waals surface area contributed by atoms with Gasteiger partial charge in [0.1, 0.15) is 5.75 Å². The van der Waals surface area contributed by atoms with Gasteiger partial charge >= 0.3 is 6.61 Å². The lowest BCUT2D eigenvalue weighted by Gasteiger charge is -2.43. The van der Waals surface area contributed by atoms with Gasteiger partial charge in [0, 0.05) is 44.2 Å². The molecular formula is C16H25ClF2N2O2. The maximum absolute atomic E-state index is 12.4. The predicted octanol–water partition coefficient (Wildman–Crippen LogP) is 2.67. The third-order valence-electron chi connectivity index (χ3n) is 4.06. The number of halogens is 3. The minimum atomic E-state index is -2.83. The minimum Gasteiger partial charge on any atom is -0.435 e. The van der Waals surface area contributed by atoms with Crippen molar-refractivity contribution >= 4 is 12.4 Å². The molecule has 2 rings (SSSR count). The fraction of sp³-hybridized carbons (Fsp3) is 0.625. The summed E-state index contributed by atoms with van der Waals surface area (Å²) < 4.78 is 29.4. The number of alkyl halides is 2.